The summed E-state index contributed by atoms with van der Waals surface area (Å²) in [7, 11) is 2.15. The van der Waals surface area contributed by atoms with E-state index in [0.717, 1.165) is 16.1 Å². The normalized spacial score (nSPS) is 11.7. The van der Waals surface area contributed by atoms with E-state index in [1.54, 1.807) is 11.3 Å². The Bertz CT molecular complexity index is 1570. The van der Waals surface area contributed by atoms with Crippen molar-refractivity contribution in [2.24, 2.45) is 7.05 Å². The molecule has 2 heterocycles. The number of rotatable bonds is 4. The fourth-order valence-electron chi connectivity index (χ4n) is 4.45. The molecule has 0 amide bonds. The molecule has 0 radical (unpaired) electrons. The van der Waals surface area contributed by atoms with Gasteiger partial charge in [-0.15, -0.1) is 11.3 Å². The molecule has 0 aliphatic heterocycles. The first kappa shape index (κ1) is 19.7. The molecule has 3 heteroatoms. The van der Waals surface area contributed by atoms with Gasteiger partial charge in [0.15, 0.2) is 0 Å². The first-order chi connectivity index (χ1) is 16.3. The van der Waals surface area contributed by atoms with Crippen molar-refractivity contribution in [3.63, 3.8) is 0 Å². The molecule has 2 nitrogen and oxygen atoms in total. The van der Waals surface area contributed by atoms with Gasteiger partial charge in [-0.1, -0.05) is 97.1 Å². The second-order valence-electron chi connectivity index (χ2n) is 8.15. The van der Waals surface area contributed by atoms with Crippen molar-refractivity contribution in [3.8, 4) is 21.8 Å². The zero-order chi connectivity index (χ0) is 22.2. The first-order valence-corrected chi connectivity index (χ1v) is 11.9. The van der Waals surface area contributed by atoms with Crippen molar-refractivity contribution < 1.29 is 0 Å². The predicted molar refractivity (Wildman–Crippen MR) is 142 cm³/mol. The number of para-hydroxylation sites is 2. The summed E-state index contributed by atoms with van der Waals surface area (Å²) in [5, 5.41) is 2.33. The Kier molecular flexibility index (Phi) is 4.89. The molecule has 0 bridgehead atoms. The van der Waals surface area contributed by atoms with E-state index < -0.39 is 0 Å². The van der Waals surface area contributed by atoms with Gasteiger partial charge in [0.25, 0.3) is 0 Å². The number of nitrogens with zero attached hydrogens (tertiary/aromatic N) is 2. The van der Waals surface area contributed by atoms with Crippen molar-refractivity contribution in [3.05, 3.63) is 114 Å². The molecule has 6 rings (SSSR count). The number of aromatic nitrogens is 2. The van der Waals surface area contributed by atoms with Gasteiger partial charge in [0.1, 0.15) is 5.01 Å². The summed E-state index contributed by atoms with van der Waals surface area (Å²) in [4.78, 5) is 4.79. The molecule has 0 unspecified atom stereocenters. The highest BCUT2D eigenvalue weighted by Crippen LogP contribution is 2.35. The lowest BCUT2D eigenvalue weighted by molar-refractivity contribution is 0.977. The van der Waals surface area contributed by atoms with Gasteiger partial charge >= 0.3 is 0 Å². The monoisotopic (exact) mass is 442 g/mol. The van der Waals surface area contributed by atoms with Crippen molar-refractivity contribution in [1.82, 2.24) is 9.55 Å². The van der Waals surface area contributed by atoms with Crippen molar-refractivity contribution in [2.75, 3.05) is 0 Å². The molecule has 158 valence electrons. The molecule has 0 fully saturated rings. The maximum absolute atomic E-state index is 4.79. The number of benzene rings is 4. The Morgan fingerprint density at radius 1 is 0.697 bits per heavy atom. The molecule has 33 heavy (non-hydrogen) atoms. The minimum absolute atomic E-state index is 1.06. The minimum Gasteiger partial charge on any atom is -0.343 e. The maximum Gasteiger partial charge on any atom is 0.124 e. The third-order valence-corrected chi connectivity index (χ3v) is 7.17. The van der Waals surface area contributed by atoms with Gasteiger partial charge in [-0.3, -0.25) is 0 Å². The lowest BCUT2D eigenvalue weighted by atomic mass is 10.0. The average Bonchev–Trinajstić information content (AvgIpc) is 3.43. The van der Waals surface area contributed by atoms with Crippen LogP contribution in [0.5, 0.6) is 0 Å². The van der Waals surface area contributed by atoms with E-state index >= 15 is 0 Å². The van der Waals surface area contributed by atoms with Crippen LogP contribution >= 0.6 is 11.3 Å². The fraction of sp³-hybridized carbons (Fsp3) is 0.0333. The van der Waals surface area contributed by atoms with Gasteiger partial charge in [0, 0.05) is 29.1 Å². The SMILES string of the molecule is Cn1c(-c2ccccc2)c(/C=C/c2ccc(-c3nc4ccccc4s3)cc2)c2ccccc21. The van der Waals surface area contributed by atoms with E-state index in [-0.39, 0.29) is 0 Å². The molecule has 2 aromatic heterocycles. The number of fused-ring (bicyclic) bond motifs is 2. The highest BCUT2D eigenvalue weighted by molar-refractivity contribution is 7.21. The van der Waals surface area contributed by atoms with Crippen molar-refractivity contribution in [2.45, 2.75) is 0 Å². The van der Waals surface area contributed by atoms with Crippen LogP contribution in [0.1, 0.15) is 11.1 Å². The topological polar surface area (TPSA) is 17.8 Å². The van der Waals surface area contributed by atoms with Crippen LogP contribution in [0.4, 0.5) is 0 Å². The third-order valence-electron chi connectivity index (χ3n) is 6.09. The van der Waals surface area contributed by atoms with Crippen LogP contribution in [0.15, 0.2) is 103 Å². The Morgan fingerprint density at radius 3 is 2.24 bits per heavy atom. The highest BCUT2D eigenvalue weighted by atomic mass is 32.1. The molecule has 0 N–H and O–H groups in total. The largest absolute Gasteiger partial charge is 0.343 e. The summed E-state index contributed by atoms with van der Waals surface area (Å²) in [5.41, 5.74) is 8.33. The lowest BCUT2D eigenvalue weighted by Crippen LogP contribution is -1.92. The van der Waals surface area contributed by atoms with E-state index in [1.807, 2.05) is 6.07 Å². The predicted octanol–water partition coefficient (Wildman–Crippen LogP) is 8.29. The summed E-state index contributed by atoms with van der Waals surface area (Å²) < 4.78 is 3.52. The number of thiazole rings is 1. The zero-order valence-electron chi connectivity index (χ0n) is 18.3. The van der Waals surface area contributed by atoms with Crippen LogP contribution in [0, 0.1) is 0 Å². The van der Waals surface area contributed by atoms with E-state index in [0.29, 0.717) is 0 Å². The number of hydrogen-bond donors (Lipinski definition) is 0. The standard InChI is InChI=1S/C30H22N2S/c1-32-27-13-7-5-11-24(27)25(29(32)22-9-3-2-4-10-22)20-17-21-15-18-23(19-16-21)30-31-26-12-6-8-14-28(26)33-30/h2-20H,1H3/b20-17+. The molecule has 6 aromatic rings. The average molecular weight is 443 g/mol. The van der Waals surface area contributed by atoms with Crippen LogP contribution < -0.4 is 0 Å². The van der Waals surface area contributed by atoms with E-state index in [2.05, 4.69) is 121 Å². The summed E-state index contributed by atoms with van der Waals surface area (Å²) in [6, 6.07) is 36.2. The Balaban J connectivity index is 1.38. The van der Waals surface area contributed by atoms with Crippen molar-refractivity contribution in [1.29, 1.82) is 0 Å². The summed E-state index contributed by atoms with van der Waals surface area (Å²) in [6.07, 6.45) is 4.45. The number of hydrogen-bond acceptors (Lipinski definition) is 2. The van der Waals surface area contributed by atoms with Crippen LogP contribution in [-0.4, -0.2) is 9.55 Å². The Morgan fingerprint density at radius 2 is 1.42 bits per heavy atom. The molecule has 0 saturated carbocycles. The Labute approximate surface area is 197 Å². The fourth-order valence-corrected chi connectivity index (χ4v) is 5.42. The third kappa shape index (κ3) is 3.57. The quantitative estimate of drug-likeness (QED) is 0.268. The highest BCUT2D eigenvalue weighted by Gasteiger charge is 2.14. The lowest BCUT2D eigenvalue weighted by Gasteiger charge is -2.06. The van der Waals surface area contributed by atoms with Crippen LogP contribution in [-0.2, 0) is 7.05 Å². The number of aryl methyl sites for hydroxylation is 1. The summed E-state index contributed by atoms with van der Waals surface area (Å²) in [5.74, 6) is 0. The molecule has 0 saturated heterocycles. The van der Waals surface area contributed by atoms with Gasteiger partial charge in [-0.2, -0.15) is 0 Å². The molecule has 4 aromatic carbocycles. The first-order valence-electron chi connectivity index (χ1n) is 11.0. The van der Waals surface area contributed by atoms with Gasteiger partial charge in [0.2, 0.25) is 0 Å². The van der Waals surface area contributed by atoms with E-state index in [4.69, 9.17) is 4.98 Å². The second kappa shape index (κ2) is 8.19. The smallest absolute Gasteiger partial charge is 0.124 e. The minimum atomic E-state index is 1.06. The molecule has 0 spiro atoms. The van der Waals surface area contributed by atoms with Gasteiger partial charge in [-0.05, 0) is 29.3 Å². The van der Waals surface area contributed by atoms with E-state index in [9.17, 15) is 0 Å². The summed E-state index contributed by atoms with van der Waals surface area (Å²) >= 11 is 1.74. The molecular weight excluding hydrogens is 420 g/mol. The molecule has 0 aliphatic carbocycles. The molecular formula is C30H22N2S. The van der Waals surface area contributed by atoms with Crippen molar-refractivity contribution >= 4 is 44.6 Å². The molecule has 0 aliphatic rings. The second-order valence-corrected chi connectivity index (χ2v) is 9.18. The molecule has 0 atom stereocenters. The van der Waals surface area contributed by atoms with Crippen LogP contribution in [0.2, 0.25) is 0 Å². The Hall–Kier alpha value is -3.95. The van der Waals surface area contributed by atoms with Gasteiger partial charge in [-0.25, -0.2) is 4.98 Å². The van der Waals surface area contributed by atoms with E-state index in [1.165, 1.54) is 38.0 Å². The van der Waals surface area contributed by atoms with Crippen LogP contribution in [0.3, 0.4) is 0 Å². The summed E-state index contributed by atoms with van der Waals surface area (Å²) in [6.45, 7) is 0. The zero-order valence-corrected chi connectivity index (χ0v) is 19.1. The van der Waals surface area contributed by atoms with Crippen LogP contribution in [0.25, 0.3) is 55.1 Å². The van der Waals surface area contributed by atoms with Gasteiger partial charge < -0.3 is 4.57 Å². The van der Waals surface area contributed by atoms with Gasteiger partial charge in [0.05, 0.1) is 15.9 Å². The maximum atomic E-state index is 4.79.